The van der Waals surface area contributed by atoms with E-state index in [2.05, 4.69) is 17.4 Å². The molecule has 1 aromatic rings. The molecule has 1 N–H and O–H groups in total. The summed E-state index contributed by atoms with van der Waals surface area (Å²) < 4.78 is 0. The van der Waals surface area contributed by atoms with Gasteiger partial charge in [-0.15, -0.1) is 0 Å². The lowest BCUT2D eigenvalue weighted by molar-refractivity contribution is 0.369. The molecule has 2 heteroatoms. The summed E-state index contributed by atoms with van der Waals surface area (Å²) in [5.41, 5.74) is 1.37. The molecule has 1 aromatic carbocycles. The maximum Gasteiger partial charge on any atom is 0.0406 e. The third kappa shape index (κ3) is 1.79. The molecule has 1 aliphatic heterocycles. The Kier molecular flexibility index (Phi) is 2.33. The van der Waals surface area contributed by atoms with Crippen molar-refractivity contribution in [2.75, 3.05) is 6.54 Å². The second kappa shape index (κ2) is 3.46. The molecular weight excluding hydrogens is 170 g/mol. The van der Waals surface area contributed by atoms with Crippen LogP contribution >= 0.6 is 11.6 Å². The fourth-order valence-electron chi connectivity index (χ4n) is 1.43. The van der Waals surface area contributed by atoms with Crippen molar-refractivity contribution < 1.29 is 0 Å². The van der Waals surface area contributed by atoms with Gasteiger partial charge in [0.25, 0.3) is 0 Å². The summed E-state index contributed by atoms with van der Waals surface area (Å²) in [6.45, 7) is 1.18. The largest absolute Gasteiger partial charge is 0.314 e. The molecule has 0 saturated carbocycles. The van der Waals surface area contributed by atoms with Gasteiger partial charge in [-0.1, -0.05) is 23.7 Å². The van der Waals surface area contributed by atoms with Crippen LogP contribution in [0.15, 0.2) is 24.3 Å². The SMILES string of the molecule is Clc1ccc(C[C@H]2CCN2)cc1. The van der Waals surface area contributed by atoms with Gasteiger partial charge in [-0.25, -0.2) is 0 Å². The minimum Gasteiger partial charge on any atom is -0.314 e. The van der Waals surface area contributed by atoms with Gasteiger partial charge >= 0.3 is 0 Å². The molecule has 0 amide bonds. The van der Waals surface area contributed by atoms with Crippen LogP contribution < -0.4 is 5.32 Å². The van der Waals surface area contributed by atoms with Crippen molar-refractivity contribution >= 4 is 11.6 Å². The summed E-state index contributed by atoms with van der Waals surface area (Å²) >= 11 is 5.78. The minimum absolute atomic E-state index is 0.700. The predicted molar refractivity (Wildman–Crippen MR) is 51.6 cm³/mol. The van der Waals surface area contributed by atoms with Gasteiger partial charge in [0.2, 0.25) is 0 Å². The van der Waals surface area contributed by atoms with Gasteiger partial charge < -0.3 is 5.32 Å². The zero-order valence-electron chi connectivity index (χ0n) is 6.89. The van der Waals surface area contributed by atoms with Crippen LogP contribution in [0.2, 0.25) is 5.02 Å². The highest BCUT2D eigenvalue weighted by atomic mass is 35.5. The Bertz CT molecular complexity index is 251. The van der Waals surface area contributed by atoms with Crippen LogP contribution in [0.5, 0.6) is 0 Å². The lowest BCUT2D eigenvalue weighted by atomic mass is 9.98. The van der Waals surface area contributed by atoms with Crippen LogP contribution in [0.25, 0.3) is 0 Å². The average Bonchev–Trinajstić information content (AvgIpc) is 2.00. The summed E-state index contributed by atoms with van der Waals surface area (Å²) in [6.07, 6.45) is 2.44. The smallest absolute Gasteiger partial charge is 0.0406 e. The molecule has 0 aromatic heterocycles. The molecular formula is C10H12ClN. The molecule has 2 rings (SSSR count). The summed E-state index contributed by atoms with van der Waals surface area (Å²) in [6, 6.07) is 8.81. The second-order valence-corrected chi connectivity index (χ2v) is 3.71. The van der Waals surface area contributed by atoms with Gasteiger partial charge in [0, 0.05) is 11.1 Å². The molecule has 0 spiro atoms. The maximum absolute atomic E-state index is 5.78. The monoisotopic (exact) mass is 181 g/mol. The molecule has 0 bridgehead atoms. The highest BCUT2D eigenvalue weighted by Crippen LogP contribution is 2.14. The van der Waals surface area contributed by atoms with E-state index in [1.807, 2.05) is 12.1 Å². The first kappa shape index (κ1) is 8.09. The second-order valence-electron chi connectivity index (χ2n) is 3.27. The molecule has 0 aliphatic carbocycles. The first-order chi connectivity index (χ1) is 5.84. The van der Waals surface area contributed by atoms with Crippen molar-refractivity contribution in [2.45, 2.75) is 18.9 Å². The van der Waals surface area contributed by atoms with Crippen molar-refractivity contribution in [3.63, 3.8) is 0 Å². The van der Waals surface area contributed by atoms with Gasteiger partial charge in [-0.05, 0) is 37.1 Å². The lowest BCUT2D eigenvalue weighted by Crippen LogP contribution is -2.44. The molecule has 64 valence electrons. The van der Waals surface area contributed by atoms with Gasteiger partial charge in [-0.3, -0.25) is 0 Å². The number of nitrogens with one attached hydrogen (secondary N) is 1. The van der Waals surface area contributed by atoms with Crippen LogP contribution in [0.1, 0.15) is 12.0 Å². The topological polar surface area (TPSA) is 12.0 Å². The van der Waals surface area contributed by atoms with Crippen LogP contribution in [0, 0.1) is 0 Å². The number of hydrogen-bond donors (Lipinski definition) is 1. The fraction of sp³-hybridized carbons (Fsp3) is 0.400. The summed E-state index contributed by atoms with van der Waals surface area (Å²) in [7, 11) is 0. The predicted octanol–water partition coefficient (Wildman–Crippen LogP) is 2.24. The number of hydrogen-bond acceptors (Lipinski definition) is 1. The third-order valence-corrected chi connectivity index (χ3v) is 2.57. The van der Waals surface area contributed by atoms with Crippen LogP contribution in [0.3, 0.4) is 0 Å². The van der Waals surface area contributed by atoms with Crippen molar-refractivity contribution in [3.05, 3.63) is 34.9 Å². The van der Waals surface area contributed by atoms with E-state index in [0.29, 0.717) is 6.04 Å². The Morgan fingerprint density at radius 3 is 2.50 bits per heavy atom. The molecule has 1 fully saturated rings. The van der Waals surface area contributed by atoms with E-state index in [4.69, 9.17) is 11.6 Å². The van der Waals surface area contributed by atoms with Crippen LogP contribution in [-0.2, 0) is 6.42 Å². The minimum atomic E-state index is 0.700. The van der Waals surface area contributed by atoms with Gasteiger partial charge in [0.1, 0.15) is 0 Å². The van der Waals surface area contributed by atoms with E-state index in [1.54, 1.807) is 0 Å². The summed E-state index contributed by atoms with van der Waals surface area (Å²) in [5.74, 6) is 0. The summed E-state index contributed by atoms with van der Waals surface area (Å²) in [5, 5.41) is 4.20. The quantitative estimate of drug-likeness (QED) is 0.738. The Balaban J connectivity index is 1.98. The maximum atomic E-state index is 5.78. The molecule has 0 radical (unpaired) electrons. The van der Waals surface area contributed by atoms with E-state index < -0.39 is 0 Å². The van der Waals surface area contributed by atoms with Gasteiger partial charge in [-0.2, -0.15) is 0 Å². The highest BCUT2D eigenvalue weighted by molar-refractivity contribution is 6.30. The average molecular weight is 182 g/mol. The molecule has 0 unspecified atom stereocenters. The van der Waals surface area contributed by atoms with Crippen molar-refractivity contribution in [2.24, 2.45) is 0 Å². The standard InChI is InChI=1S/C10H12ClN/c11-9-3-1-8(2-4-9)7-10-5-6-12-10/h1-4,10,12H,5-7H2/t10-/m1/s1. The van der Waals surface area contributed by atoms with Crippen molar-refractivity contribution in [1.29, 1.82) is 0 Å². The molecule has 1 saturated heterocycles. The Morgan fingerprint density at radius 1 is 1.33 bits per heavy atom. The molecule has 12 heavy (non-hydrogen) atoms. The number of rotatable bonds is 2. The normalized spacial score (nSPS) is 21.9. The Morgan fingerprint density at radius 2 is 2.00 bits per heavy atom. The first-order valence-corrected chi connectivity index (χ1v) is 4.70. The summed E-state index contributed by atoms with van der Waals surface area (Å²) in [4.78, 5) is 0. The fourth-order valence-corrected chi connectivity index (χ4v) is 1.55. The van der Waals surface area contributed by atoms with Crippen molar-refractivity contribution in [1.82, 2.24) is 5.32 Å². The van der Waals surface area contributed by atoms with Gasteiger partial charge in [0.15, 0.2) is 0 Å². The van der Waals surface area contributed by atoms with Gasteiger partial charge in [0.05, 0.1) is 0 Å². The zero-order chi connectivity index (χ0) is 8.39. The lowest BCUT2D eigenvalue weighted by Gasteiger charge is -2.27. The van der Waals surface area contributed by atoms with Crippen molar-refractivity contribution in [3.8, 4) is 0 Å². The zero-order valence-corrected chi connectivity index (χ0v) is 7.64. The molecule has 1 nitrogen and oxygen atoms in total. The number of halogens is 1. The van der Waals surface area contributed by atoms with E-state index in [-0.39, 0.29) is 0 Å². The van der Waals surface area contributed by atoms with Crippen LogP contribution in [0.4, 0.5) is 0 Å². The Hall–Kier alpha value is -0.530. The highest BCUT2D eigenvalue weighted by Gasteiger charge is 2.15. The number of benzene rings is 1. The van der Waals surface area contributed by atoms with E-state index in [0.717, 1.165) is 11.4 Å². The van der Waals surface area contributed by atoms with E-state index >= 15 is 0 Å². The van der Waals surface area contributed by atoms with E-state index in [9.17, 15) is 0 Å². The third-order valence-electron chi connectivity index (χ3n) is 2.32. The van der Waals surface area contributed by atoms with E-state index in [1.165, 1.54) is 18.5 Å². The first-order valence-electron chi connectivity index (χ1n) is 4.32. The van der Waals surface area contributed by atoms with Crippen LogP contribution in [-0.4, -0.2) is 12.6 Å². The Labute approximate surface area is 77.7 Å². The molecule has 1 heterocycles. The molecule has 1 aliphatic rings. The molecule has 1 atom stereocenters.